The molecular formula is C37H66N4O13. The van der Waals surface area contributed by atoms with Crippen molar-refractivity contribution >= 4 is 29.7 Å². The highest BCUT2D eigenvalue weighted by Crippen LogP contribution is 2.31. The van der Waals surface area contributed by atoms with Gasteiger partial charge in [0.1, 0.15) is 31.7 Å². The van der Waals surface area contributed by atoms with Crippen LogP contribution in [-0.4, -0.2) is 184 Å². The van der Waals surface area contributed by atoms with Crippen LogP contribution in [-0.2, 0) is 61.8 Å². The molecule has 2 aliphatic rings. The predicted molar refractivity (Wildman–Crippen MR) is 198 cm³/mol. The van der Waals surface area contributed by atoms with E-state index in [4.69, 9.17) is 47.6 Å². The first kappa shape index (κ1) is 47.2. The molecule has 17 nitrogen and oxygen atoms in total. The van der Waals surface area contributed by atoms with Crippen LogP contribution >= 0.6 is 0 Å². The summed E-state index contributed by atoms with van der Waals surface area (Å²) in [7, 11) is 0. The van der Waals surface area contributed by atoms with E-state index in [9.17, 15) is 19.2 Å². The summed E-state index contributed by atoms with van der Waals surface area (Å²) in [6.07, 6.45) is 2.40. The van der Waals surface area contributed by atoms with E-state index in [0.717, 1.165) is 18.8 Å². The Kier molecular flexibility index (Phi) is 27.4. The number of nitrogens with zero attached hydrogens (tertiary/aromatic N) is 3. The molecule has 0 aromatic heterocycles. The molecule has 1 saturated heterocycles. The smallest absolute Gasteiger partial charge is 0.307 e. The first-order chi connectivity index (χ1) is 26.4. The topological polar surface area (TPSA) is 182 Å². The highest BCUT2D eigenvalue weighted by atomic mass is 16.6. The fourth-order valence-electron chi connectivity index (χ4n) is 5.85. The molecule has 2 aliphatic heterocycles. The van der Waals surface area contributed by atoms with E-state index in [1.165, 1.54) is 0 Å². The molecule has 2 unspecified atom stereocenters. The zero-order chi connectivity index (χ0) is 39.1. The van der Waals surface area contributed by atoms with Crippen LogP contribution in [0.1, 0.15) is 59.3 Å². The third-order valence-electron chi connectivity index (χ3n) is 8.57. The number of ether oxygens (including phenoxy) is 9. The molecule has 0 saturated carbocycles. The fraction of sp³-hybridized carbons (Fsp3) is 0.865. The van der Waals surface area contributed by atoms with Crippen molar-refractivity contribution in [2.75, 3.05) is 138 Å². The molecule has 1 amide bonds. The second-order valence-electron chi connectivity index (χ2n) is 12.5. The van der Waals surface area contributed by atoms with Gasteiger partial charge in [-0.2, -0.15) is 0 Å². The lowest BCUT2D eigenvalue weighted by Crippen LogP contribution is -2.48. The number of carbonyl (C=O) groups excluding carboxylic acids is 4. The molecule has 1 fully saturated rings. The van der Waals surface area contributed by atoms with Crippen molar-refractivity contribution in [3.05, 3.63) is 0 Å². The third kappa shape index (κ3) is 21.8. The quantitative estimate of drug-likeness (QED) is 0.0560. The van der Waals surface area contributed by atoms with Gasteiger partial charge in [0.05, 0.1) is 72.3 Å². The number of carbonyl (C=O) groups is 4. The minimum Gasteiger partial charge on any atom is -0.463 e. The summed E-state index contributed by atoms with van der Waals surface area (Å²) in [6.45, 7) is 14.5. The van der Waals surface area contributed by atoms with Gasteiger partial charge in [-0.3, -0.25) is 24.2 Å². The van der Waals surface area contributed by atoms with Crippen LogP contribution in [0.25, 0.3) is 0 Å². The van der Waals surface area contributed by atoms with Crippen LogP contribution in [0.15, 0.2) is 4.99 Å². The van der Waals surface area contributed by atoms with E-state index in [1.807, 2.05) is 25.7 Å². The summed E-state index contributed by atoms with van der Waals surface area (Å²) in [5, 5.41) is 3.05. The molecule has 17 heteroatoms. The molecule has 2 atom stereocenters. The Labute approximate surface area is 320 Å². The SMILES string of the molecule is CCOCCOCCOC(=O)CCC1CC(C(=O)NCCN(CCC(=O)OCCOCCOCC)CCC(=O)OCCOCCOCC)N2CCCN=C12. The molecule has 312 valence electrons. The predicted octanol–water partition coefficient (Wildman–Crippen LogP) is 1.25. The third-order valence-corrected chi connectivity index (χ3v) is 8.57. The van der Waals surface area contributed by atoms with Crippen LogP contribution in [0.2, 0.25) is 0 Å². The summed E-state index contributed by atoms with van der Waals surface area (Å²) in [4.78, 5) is 59.5. The number of fused-ring (bicyclic) bond motifs is 1. The fourth-order valence-corrected chi connectivity index (χ4v) is 5.85. The van der Waals surface area contributed by atoms with E-state index < -0.39 is 6.04 Å². The van der Waals surface area contributed by atoms with Gasteiger partial charge < -0.3 is 57.7 Å². The molecule has 1 N–H and O–H groups in total. The Morgan fingerprint density at radius 2 is 1.11 bits per heavy atom. The van der Waals surface area contributed by atoms with E-state index in [1.54, 1.807) is 0 Å². The Morgan fingerprint density at radius 1 is 0.648 bits per heavy atom. The minimum absolute atomic E-state index is 0.0188. The maximum absolute atomic E-state index is 13.5. The van der Waals surface area contributed by atoms with Crippen LogP contribution in [0.4, 0.5) is 0 Å². The molecule has 0 bridgehead atoms. The number of nitrogens with one attached hydrogen (secondary N) is 1. The van der Waals surface area contributed by atoms with Gasteiger partial charge in [0.15, 0.2) is 0 Å². The van der Waals surface area contributed by atoms with Gasteiger partial charge in [-0.25, -0.2) is 0 Å². The lowest BCUT2D eigenvalue weighted by molar-refractivity contribution is -0.147. The molecule has 0 aromatic rings. The average Bonchev–Trinajstić information content (AvgIpc) is 3.55. The average molecular weight is 775 g/mol. The van der Waals surface area contributed by atoms with Crippen molar-refractivity contribution in [2.45, 2.75) is 65.3 Å². The lowest BCUT2D eigenvalue weighted by atomic mass is 9.98. The van der Waals surface area contributed by atoms with Crippen LogP contribution < -0.4 is 5.32 Å². The number of rotatable bonds is 34. The molecule has 0 radical (unpaired) electrons. The van der Waals surface area contributed by atoms with Crippen molar-refractivity contribution < 1.29 is 61.8 Å². The van der Waals surface area contributed by atoms with Gasteiger partial charge in [0, 0.05) is 71.4 Å². The number of aliphatic imine (C=N–C) groups is 1. The van der Waals surface area contributed by atoms with Gasteiger partial charge in [-0.1, -0.05) is 0 Å². The summed E-state index contributed by atoms with van der Waals surface area (Å²) < 4.78 is 47.8. The molecule has 0 aromatic carbocycles. The van der Waals surface area contributed by atoms with Crippen LogP contribution in [0.3, 0.4) is 0 Å². The standard InChI is InChI=1S/C37H66N4O13/c1-4-46-18-21-49-24-27-52-33(42)9-8-31-30-32(41-14-7-12-38-36(31)41)37(45)39-13-17-40(15-10-34(43)53-28-25-50-22-19-47-5-2)16-11-35(44)54-29-26-51-23-20-48-6-3/h31-32H,4-30H2,1-3H3,(H,39,45). The van der Waals surface area contributed by atoms with E-state index >= 15 is 0 Å². The van der Waals surface area contributed by atoms with Crippen LogP contribution in [0.5, 0.6) is 0 Å². The molecule has 2 rings (SSSR count). The molecule has 0 aliphatic carbocycles. The second-order valence-corrected chi connectivity index (χ2v) is 12.5. The largest absolute Gasteiger partial charge is 0.463 e. The summed E-state index contributed by atoms with van der Waals surface area (Å²) in [5.74, 6) is -0.322. The number of amides is 1. The number of amidine groups is 1. The molecule has 2 heterocycles. The minimum atomic E-state index is -0.395. The number of hydrogen-bond donors (Lipinski definition) is 1. The summed E-state index contributed by atoms with van der Waals surface area (Å²) in [5.41, 5.74) is 0. The van der Waals surface area contributed by atoms with Gasteiger partial charge in [0.2, 0.25) is 5.91 Å². The van der Waals surface area contributed by atoms with Crippen molar-refractivity contribution in [2.24, 2.45) is 10.9 Å². The lowest BCUT2D eigenvalue weighted by Gasteiger charge is -2.29. The Balaban J connectivity index is 1.81. The summed E-state index contributed by atoms with van der Waals surface area (Å²) in [6, 6.07) is -0.395. The zero-order valence-electron chi connectivity index (χ0n) is 32.9. The number of hydrogen-bond acceptors (Lipinski definition) is 16. The van der Waals surface area contributed by atoms with Crippen molar-refractivity contribution in [3.8, 4) is 0 Å². The normalized spacial score (nSPS) is 16.6. The van der Waals surface area contributed by atoms with Crippen molar-refractivity contribution in [1.82, 2.24) is 15.1 Å². The van der Waals surface area contributed by atoms with E-state index in [2.05, 4.69) is 10.2 Å². The summed E-state index contributed by atoms with van der Waals surface area (Å²) >= 11 is 0. The molecular weight excluding hydrogens is 708 g/mol. The monoisotopic (exact) mass is 774 g/mol. The van der Waals surface area contributed by atoms with Gasteiger partial charge in [-0.05, 0) is 40.0 Å². The van der Waals surface area contributed by atoms with Gasteiger partial charge in [0.25, 0.3) is 0 Å². The molecule has 0 spiro atoms. The zero-order valence-corrected chi connectivity index (χ0v) is 32.9. The van der Waals surface area contributed by atoms with Crippen molar-refractivity contribution in [3.63, 3.8) is 0 Å². The first-order valence-corrected chi connectivity index (χ1v) is 19.6. The molecule has 54 heavy (non-hydrogen) atoms. The van der Waals surface area contributed by atoms with Gasteiger partial charge in [-0.15, -0.1) is 0 Å². The maximum Gasteiger partial charge on any atom is 0.307 e. The van der Waals surface area contributed by atoms with Crippen molar-refractivity contribution in [1.29, 1.82) is 0 Å². The Morgan fingerprint density at radius 3 is 1.61 bits per heavy atom. The highest BCUT2D eigenvalue weighted by Gasteiger charge is 2.42. The Bertz CT molecular complexity index is 1030. The van der Waals surface area contributed by atoms with E-state index in [0.29, 0.717) is 112 Å². The second kappa shape index (κ2) is 31.3. The first-order valence-electron chi connectivity index (χ1n) is 19.6. The van der Waals surface area contributed by atoms with Crippen LogP contribution in [0, 0.1) is 5.92 Å². The maximum atomic E-state index is 13.5. The highest BCUT2D eigenvalue weighted by molar-refractivity contribution is 5.95. The number of esters is 3. The van der Waals surface area contributed by atoms with E-state index in [-0.39, 0.29) is 82.0 Å². The Hall–Kier alpha value is -2.93. The van der Waals surface area contributed by atoms with Gasteiger partial charge >= 0.3 is 17.9 Å².